The lowest BCUT2D eigenvalue weighted by Crippen LogP contribution is -2.12. The zero-order valence-electron chi connectivity index (χ0n) is 8.17. The summed E-state index contributed by atoms with van der Waals surface area (Å²) >= 11 is 0. The van der Waals surface area contributed by atoms with Gasteiger partial charge in [0, 0.05) is 0 Å². The van der Waals surface area contributed by atoms with Gasteiger partial charge in [-0.1, -0.05) is 31.2 Å². The van der Waals surface area contributed by atoms with Gasteiger partial charge >= 0.3 is 0 Å². The predicted octanol–water partition coefficient (Wildman–Crippen LogP) is 3.45. The molecule has 0 aromatic carbocycles. The first-order chi connectivity index (χ1) is 5.74. The third kappa shape index (κ3) is 2.92. The second-order valence-electron chi connectivity index (χ2n) is 2.89. The summed E-state index contributed by atoms with van der Waals surface area (Å²) in [6, 6.07) is 2.36. The molecule has 0 heterocycles. The Balaban J connectivity index is 4.49. The first-order valence-corrected chi connectivity index (χ1v) is 4.41. The van der Waals surface area contributed by atoms with E-state index in [1.165, 1.54) is 0 Å². The number of allylic oxidation sites excluding steroid dienone is 4. The largest absolute Gasteiger partial charge is 0.197 e. The van der Waals surface area contributed by atoms with Crippen LogP contribution in [0.4, 0.5) is 0 Å². The van der Waals surface area contributed by atoms with E-state index < -0.39 is 0 Å². The Morgan fingerprint density at radius 3 is 2.33 bits per heavy atom. The fourth-order valence-electron chi connectivity index (χ4n) is 1.14. The van der Waals surface area contributed by atoms with Gasteiger partial charge in [-0.15, -0.1) is 0 Å². The van der Waals surface area contributed by atoms with E-state index in [1.54, 1.807) is 0 Å². The fourth-order valence-corrected chi connectivity index (χ4v) is 1.14. The molecule has 0 aliphatic carbocycles. The van der Waals surface area contributed by atoms with Crippen LogP contribution in [0.1, 0.15) is 33.6 Å². The third-order valence-electron chi connectivity index (χ3n) is 2.06. The van der Waals surface area contributed by atoms with E-state index in [4.69, 9.17) is 5.26 Å². The fraction of sp³-hybridized carbons (Fsp3) is 0.545. The molecule has 0 amide bonds. The molecule has 0 fully saturated rings. The van der Waals surface area contributed by atoms with E-state index >= 15 is 0 Å². The maximum atomic E-state index is 9.00. The summed E-state index contributed by atoms with van der Waals surface area (Å²) in [5, 5.41) is 9.00. The molecule has 0 radical (unpaired) electrons. The molecule has 0 spiro atoms. The molecule has 0 saturated heterocycles. The molecule has 0 aromatic rings. The van der Waals surface area contributed by atoms with Crippen LogP contribution in [0.2, 0.25) is 0 Å². The van der Waals surface area contributed by atoms with E-state index in [2.05, 4.69) is 6.07 Å². The van der Waals surface area contributed by atoms with Gasteiger partial charge in [-0.3, -0.25) is 0 Å². The van der Waals surface area contributed by atoms with Crippen molar-refractivity contribution in [1.29, 1.82) is 5.26 Å². The van der Waals surface area contributed by atoms with Crippen molar-refractivity contribution in [3.05, 3.63) is 24.3 Å². The Morgan fingerprint density at radius 1 is 1.33 bits per heavy atom. The Morgan fingerprint density at radius 2 is 2.00 bits per heavy atom. The van der Waals surface area contributed by atoms with Crippen molar-refractivity contribution in [1.82, 2.24) is 0 Å². The molecule has 0 aromatic heterocycles. The monoisotopic (exact) mass is 163 g/mol. The van der Waals surface area contributed by atoms with Crippen LogP contribution < -0.4 is 0 Å². The van der Waals surface area contributed by atoms with Crippen LogP contribution in [0, 0.1) is 16.7 Å². The third-order valence-corrected chi connectivity index (χ3v) is 2.06. The molecule has 1 unspecified atom stereocenters. The normalized spacial score (nSPS) is 16.5. The van der Waals surface area contributed by atoms with Crippen molar-refractivity contribution < 1.29 is 0 Å². The summed E-state index contributed by atoms with van der Waals surface area (Å²) in [7, 11) is 0. The second-order valence-corrected chi connectivity index (χ2v) is 2.89. The van der Waals surface area contributed by atoms with Crippen LogP contribution in [0.15, 0.2) is 24.3 Å². The molecule has 0 aliphatic rings. The molecule has 0 saturated carbocycles. The van der Waals surface area contributed by atoms with Crippen molar-refractivity contribution in [3.63, 3.8) is 0 Å². The molecule has 1 nitrogen and oxygen atoms in total. The zero-order chi connectivity index (χ0) is 9.45. The Labute approximate surface area is 75.4 Å². The van der Waals surface area contributed by atoms with Gasteiger partial charge in [0.05, 0.1) is 11.5 Å². The molecular formula is C11H17N. The average molecular weight is 163 g/mol. The second kappa shape index (κ2) is 5.60. The topological polar surface area (TPSA) is 23.8 Å². The average Bonchev–Trinajstić information content (AvgIpc) is 2.13. The lowest BCUT2D eigenvalue weighted by atomic mass is 9.83. The van der Waals surface area contributed by atoms with Crippen molar-refractivity contribution >= 4 is 0 Å². The Hall–Kier alpha value is -1.03. The summed E-state index contributed by atoms with van der Waals surface area (Å²) in [4.78, 5) is 0. The molecule has 0 aliphatic heterocycles. The van der Waals surface area contributed by atoms with Gasteiger partial charge in [0.2, 0.25) is 0 Å². The molecule has 0 rings (SSSR count). The van der Waals surface area contributed by atoms with Crippen LogP contribution >= 0.6 is 0 Å². The SMILES string of the molecule is CC=CCC(C#N)(C=CC)CC. The highest BCUT2D eigenvalue weighted by Crippen LogP contribution is 2.27. The highest BCUT2D eigenvalue weighted by atomic mass is 14.3. The van der Waals surface area contributed by atoms with Crippen LogP contribution in [-0.4, -0.2) is 0 Å². The number of rotatable bonds is 4. The van der Waals surface area contributed by atoms with Gasteiger partial charge in [-0.2, -0.15) is 5.26 Å². The standard InChI is InChI=1S/C11H17N/c1-4-7-9-11(6-3,10-12)8-5-2/h4-5,7-8H,6,9H2,1-3H3. The van der Waals surface area contributed by atoms with Crippen LogP contribution in [0.5, 0.6) is 0 Å². The minimum atomic E-state index is -0.277. The van der Waals surface area contributed by atoms with Crippen LogP contribution in [-0.2, 0) is 0 Å². The molecule has 1 atom stereocenters. The van der Waals surface area contributed by atoms with Crippen molar-refractivity contribution in [2.24, 2.45) is 5.41 Å². The smallest absolute Gasteiger partial charge is 0.0785 e. The van der Waals surface area contributed by atoms with Crippen molar-refractivity contribution in [2.75, 3.05) is 0 Å². The molecule has 1 heteroatoms. The first-order valence-electron chi connectivity index (χ1n) is 4.41. The summed E-state index contributed by atoms with van der Waals surface area (Å²) in [6.07, 6.45) is 9.68. The van der Waals surface area contributed by atoms with Crippen LogP contribution in [0.25, 0.3) is 0 Å². The molecule has 0 bridgehead atoms. The number of hydrogen-bond acceptors (Lipinski definition) is 1. The predicted molar refractivity (Wildman–Crippen MR) is 52.6 cm³/mol. The van der Waals surface area contributed by atoms with E-state index in [0.717, 1.165) is 12.8 Å². The summed E-state index contributed by atoms with van der Waals surface area (Å²) in [5.41, 5.74) is -0.277. The van der Waals surface area contributed by atoms with E-state index in [9.17, 15) is 0 Å². The first kappa shape index (κ1) is 11.0. The molecule has 0 N–H and O–H groups in total. The Kier molecular flexibility index (Phi) is 5.12. The summed E-state index contributed by atoms with van der Waals surface area (Å²) < 4.78 is 0. The van der Waals surface area contributed by atoms with E-state index in [-0.39, 0.29) is 5.41 Å². The Bertz CT molecular complexity index is 208. The van der Waals surface area contributed by atoms with Gasteiger partial charge in [-0.05, 0) is 26.7 Å². The van der Waals surface area contributed by atoms with Gasteiger partial charge in [-0.25, -0.2) is 0 Å². The van der Waals surface area contributed by atoms with E-state index in [1.807, 2.05) is 45.1 Å². The molecular weight excluding hydrogens is 146 g/mol. The van der Waals surface area contributed by atoms with E-state index in [0.29, 0.717) is 0 Å². The number of hydrogen-bond donors (Lipinski definition) is 0. The van der Waals surface area contributed by atoms with Gasteiger partial charge in [0.25, 0.3) is 0 Å². The quantitative estimate of drug-likeness (QED) is 0.582. The highest BCUT2D eigenvalue weighted by Gasteiger charge is 2.21. The molecule has 12 heavy (non-hydrogen) atoms. The maximum absolute atomic E-state index is 9.00. The van der Waals surface area contributed by atoms with Crippen LogP contribution in [0.3, 0.4) is 0 Å². The van der Waals surface area contributed by atoms with Gasteiger partial charge < -0.3 is 0 Å². The minimum absolute atomic E-state index is 0.277. The van der Waals surface area contributed by atoms with Gasteiger partial charge in [0.1, 0.15) is 0 Å². The summed E-state index contributed by atoms with van der Waals surface area (Å²) in [6.45, 7) is 5.98. The lowest BCUT2D eigenvalue weighted by molar-refractivity contribution is 0.494. The van der Waals surface area contributed by atoms with Crippen molar-refractivity contribution in [2.45, 2.75) is 33.6 Å². The van der Waals surface area contributed by atoms with Gasteiger partial charge in [0.15, 0.2) is 0 Å². The number of nitriles is 1. The zero-order valence-corrected chi connectivity index (χ0v) is 8.17. The minimum Gasteiger partial charge on any atom is -0.197 e. The highest BCUT2D eigenvalue weighted by molar-refractivity contribution is 5.14. The van der Waals surface area contributed by atoms with Crippen molar-refractivity contribution in [3.8, 4) is 6.07 Å². The maximum Gasteiger partial charge on any atom is 0.0785 e. The molecule has 66 valence electrons. The lowest BCUT2D eigenvalue weighted by Gasteiger charge is -2.18. The summed E-state index contributed by atoms with van der Waals surface area (Å²) in [5.74, 6) is 0. The number of nitrogens with zero attached hydrogens (tertiary/aromatic N) is 1.